The van der Waals surface area contributed by atoms with Crippen molar-refractivity contribution in [2.45, 2.75) is 30.0 Å². The van der Waals surface area contributed by atoms with Gasteiger partial charge in [0.1, 0.15) is 0 Å². The highest BCUT2D eigenvalue weighted by atomic mass is 32.2. The van der Waals surface area contributed by atoms with Crippen LogP contribution in [0.25, 0.3) is 0 Å². The lowest BCUT2D eigenvalue weighted by Gasteiger charge is -2.17. The second kappa shape index (κ2) is 7.25. The summed E-state index contributed by atoms with van der Waals surface area (Å²) in [4.78, 5) is 1.33. The minimum Gasteiger partial charge on any atom is -0.309 e. The molecule has 1 nitrogen and oxygen atoms in total. The fourth-order valence-electron chi connectivity index (χ4n) is 1.44. The number of hydrogen-bond acceptors (Lipinski definition) is 3. The Bertz CT molecular complexity index is 297. The molecule has 1 aromatic rings. The zero-order valence-electron chi connectivity index (χ0n) is 10.5. The first-order valence-electron chi connectivity index (χ1n) is 5.57. The molecule has 0 amide bonds. The van der Waals surface area contributed by atoms with Crippen molar-refractivity contribution in [1.82, 2.24) is 5.32 Å². The number of benzene rings is 1. The van der Waals surface area contributed by atoms with E-state index >= 15 is 0 Å². The summed E-state index contributed by atoms with van der Waals surface area (Å²) in [6.07, 6.45) is 4.26. The van der Waals surface area contributed by atoms with Gasteiger partial charge in [0.25, 0.3) is 0 Å². The largest absolute Gasteiger partial charge is 0.309 e. The monoisotopic (exact) mass is 255 g/mol. The molecule has 0 fully saturated rings. The van der Waals surface area contributed by atoms with Crippen molar-refractivity contribution in [2.75, 3.05) is 19.1 Å². The Labute approximate surface area is 108 Å². The summed E-state index contributed by atoms with van der Waals surface area (Å²) in [5.41, 5.74) is 1.37. The lowest BCUT2D eigenvalue weighted by atomic mass is 10.1. The Kier molecular flexibility index (Phi) is 6.32. The molecule has 0 aromatic heterocycles. The van der Waals surface area contributed by atoms with Crippen LogP contribution in [0.15, 0.2) is 29.2 Å². The second-order valence-electron chi connectivity index (χ2n) is 3.95. The van der Waals surface area contributed by atoms with Crippen LogP contribution in [0, 0.1) is 0 Å². The van der Waals surface area contributed by atoms with Gasteiger partial charge < -0.3 is 5.32 Å². The molecule has 0 saturated carbocycles. The molecule has 1 N–H and O–H groups in total. The topological polar surface area (TPSA) is 12.0 Å². The van der Waals surface area contributed by atoms with E-state index in [1.54, 1.807) is 11.8 Å². The van der Waals surface area contributed by atoms with Gasteiger partial charge in [0.15, 0.2) is 0 Å². The van der Waals surface area contributed by atoms with Crippen LogP contribution in [0.4, 0.5) is 0 Å². The molecule has 1 rings (SSSR count). The molecule has 1 aromatic carbocycles. The van der Waals surface area contributed by atoms with Gasteiger partial charge in [-0.2, -0.15) is 11.8 Å². The Balaban J connectivity index is 2.49. The fraction of sp³-hybridized carbons (Fsp3) is 0.538. The predicted octanol–water partition coefficient (Wildman–Crippen LogP) is 3.81. The van der Waals surface area contributed by atoms with E-state index in [2.05, 4.69) is 55.9 Å². The van der Waals surface area contributed by atoms with Gasteiger partial charge in [-0.25, -0.2) is 0 Å². The van der Waals surface area contributed by atoms with E-state index in [0.717, 1.165) is 6.54 Å². The van der Waals surface area contributed by atoms with Gasteiger partial charge >= 0.3 is 0 Å². The Morgan fingerprint density at radius 2 is 1.75 bits per heavy atom. The van der Waals surface area contributed by atoms with Crippen LogP contribution < -0.4 is 5.32 Å². The van der Waals surface area contributed by atoms with Gasteiger partial charge in [-0.1, -0.05) is 19.1 Å². The van der Waals surface area contributed by atoms with Gasteiger partial charge in [-0.05, 0) is 37.1 Å². The average Bonchev–Trinajstić information content (AvgIpc) is 2.35. The summed E-state index contributed by atoms with van der Waals surface area (Å²) in [6.45, 7) is 5.54. The molecule has 0 spiro atoms. The minimum absolute atomic E-state index is 0.436. The van der Waals surface area contributed by atoms with Gasteiger partial charge in [-0.3, -0.25) is 0 Å². The van der Waals surface area contributed by atoms with Crippen LogP contribution in [0.5, 0.6) is 0 Å². The van der Waals surface area contributed by atoms with Crippen LogP contribution in [0.2, 0.25) is 0 Å². The van der Waals surface area contributed by atoms with Crippen LogP contribution in [-0.2, 0) is 0 Å². The fourth-order valence-corrected chi connectivity index (χ4v) is 2.11. The molecule has 0 aliphatic carbocycles. The number of hydrogen-bond donors (Lipinski definition) is 1. The molecule has 0 saturated heterocycles. The number of nitrogens with one attached hydrogen (secondary N) is 1. The standard InChI is InChI=1S/C13H21NS2/c1-10(15-3)9-14-11(2)12-5-7-13(16-4)8-6-12/h5-8,10-11,14H,9H2,1-4H3. The lowest BCUT2D eigenvalue weighted by Crippen LogP contribution is -2.25. The highest BCUT2D eigenvalue weighted by molar-refractivity contribution is 7.99. The Hall–Kier alpha value is -0.120. The molecule has 2 atom stereocenters. The molecular weight excluding hydrogens is 234 g/mol. The highest BCUT2D eigenvalue weighted by Crippen LogP contribution is 2.19. The summed E-state index contributed by atoms with van der Waals surface area (Å²) >= 11 is 3.69. The van der Waals surface area contributed by atoms with Gasteiger partial charge in [0, 0.05) is 22.7 Å². The van der Waals surface area contributed by atoms with Gasteiger partial charge in [0.05, 0.1) is 0 Å². The highest BCUT2D eigenvalue weighted by Gasteiger charge is 2.06. The molecule has 0 aliphatic heterocycles. The van der Waals surface area contributed by atoms with Crippen molar-refractivity contribution in [2.24, 2.45) is 0 Å². The average molecular weight is 255 g/mol. The molecule has 0 heterocycles. The molecule has 0 bridgehead atoms. The third-order valence-electron chi connectivity index (χ3n) is 2.73. The third-order valence-corrected chi connectivity index (χ3v) is 4.44. The van der Waals surface area contributed by atoms with Crippen LogP contribution in [0.1, 0.15) is 25.5 Å². The van der Waals surface area contributed by atoms with E-state index in [1.807, 2.05) is 11.8 Å². The van der Waals surface area contributed by atoms with Gasteiger partial charge in [-0.15, -0.1) is 11.8 Å². The Morgan fingerprint density at radius 3 is 2.25 bits per heavy atom. The van der Waals surface area contributed by atoms with Crippen molar-refractivity contribution < 1.29 is 0 Å². The molecule has 0 radical (unpaired) electrons. The zero-order valence-corrected chi connectivity index (χ0v) is 12.1. The Morgan fingerprint density at radius 1 is 1.12 bits per heavy atom. The molecule has 2 unspecified atom stereocenters. The summed E-state index contributed by atoms with van der Waals surface area (Å²) in [6, 6.07) is 9.25. The molecular formula is C13H21NS2. The van der Waals surface area contributed by atoms with E-state index in [-0.39, 0.29) is 0 Å². The SMILES string of the molecule is CSc1ccc(C(C)NCC(C)SC)cc1. The number of thioether (sulfide) groups is 2. The first-order valence-corrected chi connectivity index (χ1v) is 8.08. The maximum absolute atomic E-state index is 3.56. The smallest absolute Gasteiger partial charge is 0.0292 e. The third kappa shape index (κ3) is 4.40. The summed E-state index contributed by atoms with van der Waals surface area (Å²) in [5.74, 6) is 0. The summed E-state index contributed by atoms with van der Waals surface area (Å²) in [7, 11) is 0. The summed E-state index contributed by atoms with van der Waals surface area (Å²) < 4.78 is 0. The van der Waals surface area contributed by atoms with Crippen molar-refractivity contribution in [1.29, 1.82) is 0 Å². The lowest BCUT2D eigenvalue weighted by molar-refractivity contribution is 0.576. The molecule has 0 aliphatic rings. The van der Waals surface area contributed by atoms with Crippen LogP contribution in [0.3, 0.4) is 0 Å². The van der Waals surface area contributed by atoms with E-state index < -0.39 is 0 Å². The van der Waals surface area contributed by atoms with E-state index in [0.29, 0.717) is 11.3 Å². The maximum atomic E-state index is 3.56. The van der Waals surface area contributed by atoms with Crippen molar-refractivity contribution in [3.05, 3.63) is 29.8 Å². The molecule has 90 valence electrons. The zero-order chi connectivity index (χ0) is 12.0. The number of rotatable bonds is 6. The van der Waals surface area contributed by atoms with E-state index in [4.69, 9.17) is 0 Å². The quantitative estimate of drug-likeness (QED) is 0.776. The first-order chi connectivity index (χ1) is 7.67. The predicted molar refractivity (Wildman–Crippen MR) is 77.6 cm³/mol. The first kappa shape index (κ1) is 13.9. The normalized spacial score (nSPS) is 14.8. The van der Waals surface area contributed by atoms with Gasteiger partial charge in [0.2, 0.25) is 0 Å². The van der Waals surface area contributed by atoms with Crippen molar-refractivity contribution in [3.63, 3.8) is 0 Å². The van der Waals surface area contributed by atoms with E-state index in [9.17, 15) is 0 Å². The maximum Gasteiger partial charge on any atom is 0.0292 e. The van der Waals surface area contributed by atoms with Crippen LogP contribution >= 0.6 is 23.5 Å². The summed E-state index contributed by atoms with van der Waals surface area (Å²) in [5, 5.41) is 4.23. The molecule has 16 heavy (non-hydrogen) atoms. The minimum atomic E-state index is 0.436. The van der Waals surface area contributed by atoms with Crippen LogP contribution in [-0.4, -0.2) is 24.3 Å². The van der Waals surface area contributed by atoms with E-state index in [1.165, 1.54) is 10.5 Å². The van der Waals surface area contributed by atoms with Crippen molar-refractivity contribution in [3.8, 4) is 0 Å². The second-order valence-corrected chi connectivity index (χ2v) is 6.11. The molecule has 3 heteroatoms. The van der Waals surface area contributed by atoms with Crippen molar-refractivity contribution >= 4 is 23.5 Å².